The van der Waals surface area contributed by atoms with Crippen molar-refractivity contribution in [3.05, 3.63) is 24.3 Å². The highest BCUT2D eigenvalue weighted by Crippen LogP contribution is 2.23. The molecule has 0 bridgehead atoms. The van der Waals surface area contributed by atoms with Crippen LogP contribution in [0.15, 0.2) is 24.3 Å². The average Bonchev–Trinajstić information content (AvgIpc) is 2.29. The Balaban J connectivity index is 2.35. The molecule has 3 atom stereocenters. The van der Waals surface area contributed by atoms with Crippen molar-refractivity contribution < 1.29 is 9.84 Å². The molecule has 0 aromatic heterocycles. The predicted molar refractivity (Wildman–Crippen MR) is 70.5 cm³/mol. The van der Waals surface area contributed by atoms with Crippen molar-refractivity contribution in [2.75, 3.05) is 6.61 Å². The Kier molecular flexibility index (Phi) is 6.04. The van der Waals surface area contributed by atoms with Crippen LogP contribution < -0.4 is 0 Å². The SMILES string of the molecule is C#CCC1C=CCC(CC(C)CC(=C)CO)O1. The molecule has 3 unspecified atom stereocenters. The fraction of sp³-hybridized carbons (Fsp3) is 0.600. The summed E-state index contributed by atoms with van der Waals surface area (Å²) in [5.41, 5.74) is 0.893. The van der Waals surface area contributed by atoms with Crippen molar-refractivity contribution in [2.45, 2.75) is 44.8 Å². The van der Waals surface area contributed by atoms with Gasteiger partial charge in [-0.1, -0.05) is 31.2 Å². The molecular weight excluding hydrogens is 212 g/mol. The topological polar surface area (TPSA) is 29.5 Å². The van der Waals surface area contributed by atoms with E-state index >= 15 is 0 Å². The van der Waals surface area contributed by atoms with Gasteiger partial charge < -0.3 is 9.84 Å². The van der Waals surface area contributed by atoms with Crippen LogP contribution in [0, 0.1) is 18.3 Å². The van der Waals surface area contributed by atoms with Crippen LogP contribution in [0.2, 0.25) is 0 Å². The van der Waals surface area contributed by atoms with Gasteiger partial charge in [0.1, 0.15) is 0 Å². The zero-order chi connectivity index (χ0) is 12.7. The van der Waals surface area contributed by atoms with Gasteiger partial charge in [0.2, 0.25) is 0 Å². The molecule has 1 N–H and O–H groups in total. The van der Waals surface area contributed by atoms with Gasteiger partial charge in [-0.3, -0.25) is 0 Å². The van der Waals surface area contributed by atoms with Gasteiger partial charge in [0.15, 0.2) is 0 Å². The summed E-state index contributed by atoms with van der Waals surface area (Å²) in [4.78, 5) is 0. The summed E-state index contributed by atoms with van der Waals surface area (Å²) in [5, 5.41) is 8.94. The summed E-state index contributed by atoms with van der Waals surface area (Å²) in [6.07, 6.45) is 13.3. The monoisotopic (exact) mass is 234 g/mol. The number of hydrogen-bond acceptors (Lipinski definition) is 2. The number of rotatable bonds is 6. The molecule has 1 rings (SSSR count). The highest BCUT2D eigenvalue weighted by molar-refractivity contribution is 5.02. The molecule has 0 saturated carbocycles. The first-order chi connectivity index (χ1) is 8.15. The third-order valence-corrected chi connectivity index (χ3v) is 2.96. The summed E-state index contributed by atoms with van der Waals surface area (Å²) in [5.74, 6) is 3.11. The molecule has 2 nitrogen and oxygen atoms in total. The molecule has 0 saturated heterocycles. The number of hydrogen-bond donors (Lipinski definition) is 1. The highest BCUT2D eigenvalue weighted by Gasteiger charge is 2.19. The van der Waals surface area contributed by atoms with E-state index in [1.165, 1.54) is 0 Å². The maximum atomic E-state index is 8.94. The molecule has 0 fully saturated rings. The number of terminal acetylenes is 1. The molecule has 2 heteroatoms. The van der Waals surface area contributed by atoms with Gasteiger partial charge in [-0.25, -0.2) is 0 Å². The Bertz CT molecular complexity index is 311. The van der Waals surface area contributed by atoms with Crippen molar-refractivity contribution in [1.82, 2.24) is 0 Å². The molecule has 0 spiro atoms. The molecule has 0 aromatic carbocycles. The van der Waals surface area contributed by atoms with Crippen LogP contribution in [0.5, 0.6) is 0 Å². The van der Waals surface area contributed by atoms with Crippen LogP contribution in [0.25, 0.3) is 0 Å². The Morgan fingerprint density at radius 3 is 3.12 bits per heavy atom. The Labute approximate surface area is 104 Å². The minimum absolute atomic E-state index is 0.0759. The first kappa shape index (κ1) is 14.0. The first-order valence-corrected chi connectivity index (χ1v) is 6.18. The van der Waals surface area contributed by atoms with Crippen molar-refractivity contribution in [2.24, 2.45) is 5.92 Å². The van der Waals surface area contributed by atoms with E-state index in [1.807, 2.05) is 6.08 Å². The average molecular weight is 234 g/mol. The molecular formula is C15H22O2. The van der Waals surface area contributed by atoms with Gasteiger partial charge in [-0.2, -0.15) is 0 Å². The number of aliphatic hydroxyl groups excluding tert-OH is 1. The van der Waals surface area contributed by atoms with Crippen LogP contribution in [0.3, 0.4) is 0 Å². The molecule has 1 aliphatic rings. The second kappa shape index (κ2) is 7.32. The van der Waals surface area contributed by atoms with Gasteiger partial charge in [0.25, 0.3) is 0 Å². The summed E-state index contributed by atoms with van der Waals surface area (Å²) < 4.78 is 5.89. The highest BCUT2D eigenvalue weighted by atomic mass is 16.5. The minimum Gasteiger partial charge on any atom is -0.392 e. The Morgan fingerprint density at radius 1 is 1.71 bits per heavy atom. The summed E-state index contributed by atoms with van der Waals surface area (Å²) in [6, 6.07) is 0. The molecule has 0 aliphatic carbocycles. The normalized spacial score (nSPS) is 25.2. The Morgan fingerprint density at radius 2 is 2.47 bits per heavy atom. The van der Waals surface area contributed by atoms with Gasteiger partial charge >= 0.3 is 0 Å². The van der Waals surface area contributed by atoms with Crippen molar-refractivity contribution in [3.8, 4) is 12.3 Å². The van der Waals surface area contributed by atoms with E-state index in [0.717, 1.165) is 24.8 Å². The second-order valence-electron chi connectivity index (χ2n) is 4.82. The molecule has 0 aromatic rings. The fourth-order valence-corrected chi connectivity index (χ4v) is 2.20. The molecule has 94 valence electrons. The van der Waals surface area contributed by atoms with Gasteiger partial charge in [0, 0.05) is 6.42 Å². The maximum absolute atomic E-state index is 8.94. The zero-order valence-corrected chi connectivity index (χ0v) is 10.6. The van der Waals surface area contributed by atoms with Crippen LogP contribution >= 0.6 is 0 Å². The van der Waals surface area contributed by atoms with Crippen LogP contribution in [0.1, 0.15) is 32.6 Å². The van der Waals surface area contributed by atoms with E-state index in [4.69, 9.17) is 16.3 Å². The number of ether oxygens (including phenoxy) is 1. The van der Waals surface area contributed by atoms with Gasteiger partial charge in [-0.15, -0.1) is 12.3 Å². The zero-order valence-electron chi connectivity index (χ0n) is 10.6. The lowest BCUT2D eigenvalue weighted by Crippen LogP contribution is -2.25. The molecule has 0 radical (unpaired) electrons. The van der Waals surface area contributed by atoms with E-state index in [1.54, 1.807) is 0 Å². The van der Waals surface area contributed by atoms with Crippen molar-refractivity contribution in [3.63, 3.8) is 0 Å². The molecule has 0 amide bonds. The smallest absolute Gasteiger partial charge is 0.0868 e. The molecule has 17 heavy (non-hydrogen) atoms. The van der Waals surface area contributed by atoms with Crippen molar-refractivity contribution >= 4 is 0 Å². The summed E-state index contributed by atoms with van der Waals surface area (Å²) >= 11 is 0. The third kappa shape index (κ3) is 5.21. The summed E-state index contributed by atoms with van der Waals surface area (Å²) in [6.45, 7) is 6.06. The van der Waals surface area contributed by atoms with Crippen molar-refractivity contribution in [1.29, 1.82) is 0 Å². The van der Waals surface area contributed by atoms with E-state index in [-0.39, 0.29) is 18.8 Å². The van der Waals surface area contributed by atoms with E-state index in [2.05, 4.69) is 25.5 Å². The first-order valence-electron chi connectivity index (χ1n) is 6.18. The van der Waals surface area contributed by atoms with Crippen LogP contribution in [-0.4, -0.2) is 23.9 Å². The van der Waals surface area contributed by atoms with Gasteiger partial charge in [-0.05, 0) is 25.2 Å². The lowest BCUT2D eigenvalue weighted by atomic mass is 9.94. The standard InChI is InChI=1S/C15H22O2/c1-4-6-14-7-5-8-15(17-14)10-12(2)9-13(3)11-16/h1,5,7,12,14-16H,3,6,8-11H2,2H3. The molecule has 1 heterocycles. The van der Waals surface area contributed by atoms with Gasteiger partial charge in [0.05, 0.1) is 18.8 Å². The third-order valence-electron chi connectivity index (χ3n) is 2.96. The Hall–Kier alpha value is -1.04. The van der Waals surface area contributed by atoms with E-state index in [0.29, 0.717) is 12.3 Å². The predicted octanol–water partition coefficient (Wildman–Crippen LogP) is 2.69. The minimum atomic E-state index is 0.0759. The van der Waals surface area contributed by atoms with E-state index in [9.17, 15) is 0 Å². The molecule has 1 aliphatic heterocycles. The van der Waals surface area contributed by atoms with Crippen LogP contribution in [0.4, 0.5) is 0 Å². The lowest BCUT2D eigenvalue weighted by molar-refractivity contribution is -0.00338. The second-order valence-corrected chi connectivity index (χ2v) is 4.82. The lowest BCUT2D eigenvalue weighted by Gasteiger charge is -2.27. The largest absolute Gasteiger partial charge is 0.392 e. The summed E-state index contributed by atoms with van der Waals surface area (Å²) in [7, 11) is 0. The fourth-order valence-electron chi connectivity index (χ4n) is 2.20. The van der Waals surface area contributed by atoms with Crippen LogP contribution in [-0.2, 0) is 4.74 Å². The van der Waals surface area contributed by atoms with E-state index < -0.39 is 0 Å². The quantitative estimate of drug-likeness (QED) is 0.565. The number of aliphatic hydroxyl groups is 1. The maximum Gasteiger partial charge on any atom is 0.0868 e.